The van der Waals surface area contributed by atoms with E-state index in [-0.39, 0.29) is 56.6 Å². The summed E-state index contributed by atoms with van der Waals surface area (Å²) in [7, 11) is 0. The van der Waals surface area contributed by atoms with Crippen molar-refractivity contribution in [1.29, 1.82) is 0 Å². The summed E-state index contributed by atoms with van der Waals surface area (Å²) < 4.78 is 11.7. The Labute approximate surface area is 80.5 Å². The molecule has 0 radical (unpaired) electrons. The fourth-order valence-corrected chi connectivity index (χ4v) is 56.6. The van der Waals surface area contributed by atoms with Gasteiger partial charge in [0.1, 0.15) is 0 Å². The van der Waals surface area contributed by atoms with E-state index >= 15 is 0 Å². The second-order valence-electron chi connectivity index (χ2n) is 4.88. The van der Waals surface area contributed by atoms with Crippen LogP contribution < -0.4 is 0 Å². The Hall–Kier alpha value is 2.13. The summed E-state index contributed by atoms with van der Waals surface area (Å²) in [4.78, 5) is 0. The lowest BCUT2D eigenvalue weighted by molar-refractivity contribution is 1.34. The predicted octanol–water partition coefficient (Wildman–Crippen LogP) is 1.24. The molecule has 0 aromatic rings. The molecule has 0 aliphatic carbocycles. The van der Waals surface area contributed by atoms with Crippen LogP contribution in [0, 0.1) is 0 Å². The quantitative estimate of drug-likeness (QED) is 0.506. The largest absolute Gasteiger partial charge is 0.219 e. The first-order valence-electron chi connectivity index (χ1n) is 4.90. The van der Waals surface area contributed by atoms with Crippen LogP contribution in [-0.2, 0) is 0 Å². The minimum atomic E-state index is 0.101. The monoisotopic (exact) mass is 192 g/mol. The van der Waals surface area contributed by atoms with E-state index in [1.165, 1.54) is 0 Å². The van der Waals surface area contributed by atoms with Gasteiger partial charge in [-0.15, -0.1) is 24.9 Å². The maximum atomic E-state index is 1.95. The number of rotatable bonds is 0. The van der Waals surface area contributed by atoms with Crippen LogP contribution in [0.25, 0.3) is 0 Å². The fourth-order valence-electron chi connectivity index (χ4n) is 3.98. The highest BCUT2D eigenvalue weighted by molar-refractivity contribution is 7.12. The van der Waals surface area contributed by atoms with Crippen molar-refractivity contribution >= 4 is 56.6 Å². The molecule has 4 saturated heterocycles. The number of hydrogen-bond donors (Lipinski definition) is 0. The maximum absolute atomic E-state index is 1.95. The van der Waals surface area contributed by atoms with Gasteiger partial charge in [-0.1, -0.05) is 0 Å². The number of hydrogen-bond acceptors (Lipinski definition) is 0. The Morgan fingerprint density at radius 2 is 0.600 bits per heavy atom. The van der Waals surface area contributed by atoms with Crippen molar-refractivity contribution in [3.63, 3.8) is 0 Å². The molecule has 4 rings (SSSR count). The van der Waals surface area contributed by atoms with Gasteiger partial charge >= 0.3 is 0 Å². The molecule has 4 aliphatic heterocycles. The van der Waals surface area contributed by atoms with Gasteiger partial charge in [-0.2, -0.15) is 0 Å². The van der Waals surface area contributed by atoms with Crippen LogP contribution in [0.5, 0.6) is 0 Å². The molecule has 4 aliphatic rings. The van der Waals surface area contributed by atoms with Crippen LogP contribution in [0.3, 0.4) is 0 Å². The van der Waals surface area contributed by atoms with Crippen LogP contribution in [-0.4, -0.2) is 56.6 Å². The van der Waals surface area contributed by atoms with Crippen molar-refractivity contribution in [3.05, 3.63) is 0 Å². The molecule has 0 aromatic carbocycles. The van der Waals surface area contributed by atoms with Gasteiger partial charge in [0, 0.05) is 0 Å². The van der Waals surface area contributed by atoms with E-state index in [0.29, 0.717) is 0 Å². The lowest BCUT2D eigenvalue weighted by atomic mass is 11.6. The zero-order valence-corrected chi connectivity index (χ0v) is 11.2. The Morgan fingerprint density at radius 1 is 0.400 bits per heavy atom. The van der Waals surface area contributed by atoms with Crippen LogP contribution in [0.2, 0.25) is 24.9 Å². The Balaban J connectivity index is 1.90. The molecule has 0 spiro atoms. The van der Waals surface area contributed by atoms with E-state index in [4.69, 9.17) is 0 Å². The van der Waals surface area contributed by atoms with Gasteiger partial charge in [-0.05, 0) is 0 Å². The molecule has 4 heteroatoms. The van der Waals surface area contributed by atoms with Crippen molar-refractivity contribution < 1.29 is 0 Å². The molecule has 0 saturated carbocycles. The third kappa shape index (κ3) is 1.24. The summed E-state index contributed by atoms with van der Waals surface area (Å²) in [6, 6.07) is 0. The second-order valence-corrected chi connectivity index (χ2v) is 23.1. The zero-order chi connectivity index (χ0) is 6.55. The molecule has 4 fully saturated rings. The zero-order valence-electron chi connectivity index (χ0n) is 6.55. The van der Waals surface area contributed by atoms with Gasteiger partial charge in [0.15, 0.2) is 0 Å². The van der Waals surface area contributed by atoms with E-state index in [9.17, 15) is 0 Å². The first kappa shape index (κ1) is 7.53. The van der Waals surface area contributed by atoms with Crippen molar-refractivity contribution in [2.45, 2.75) is 24.9 Å². The van der Waals surface area contributed by atoms with E-state index in [1.807, 2.05) is 24.9 Å². The molecular weight excluding hydrogens is 180 g/mol. The van der Waals surface area contributed by atoms with E-state index < -0.39 is 0 Å². The average molecular weight is 192 g/mol. The molecule has 0 N–H and O–H groups in total. The second kappa shape index (κ2) is 2.82. The molecule has 0 atom stereocenters. The normalized spacial score (nSPS) is 28.8. The van der Waals surface area contributed by atoms with E-state index in [0.717, 1.165) is 0 Å². The standard InChI is InChI=1S/6CH2.4Al/h6*1H2;;;;. The Bertz CT molecular complexity index is 101. The topological polar surface area (TPSA) is 0 Å². The Morgan fingerprint density at radius 3 is 0.800 bits per heavy atom. The minimum Gasteiger partial charge on any atom is -0.137 e. The molecule has 0 aromatic heterocycles. The van der Waals surface area contributed by atoms with Crippen molar-refractivity contribution in [2.24, 2.45) is 0 Å². The molecule has 0 unspecified atom stereocenters. The lowest BCUT2D eigenvalue weighted by Crippen LogP contribution is -2.55. The summed E-state index contributed by atoms with van der Waals surface area (Å²) >= 11 is 0.403. The van der Waals surface area contributed by atoms with Crippen LogP contribution in [0.1, 0.15) is 0 Å². The molecule has 4 bridgehead atoms. The van der Waals surface area contributed by atoms with Gasteiger partial charge in [0.05, 0.1) is 0 Å². The molecule has 4 heterocycles. The minimum absolute atomic E-state index is 0.101. The first-order valence-corrected chi connectivity index (χ1v) is 14.7. The maximum Gasteiger partial charge on any atom is 0.219 e. The highest BCUT2D eigenvalue weighted by Crippen LogP contribution is 2.39. The summed E-state index contributed by atoms with van der Waals surface area (Å²) in [6.45, 7) is 0. The predicted molar refractivity (Wildman–Crippen MR) is 51.9 cm³/mol. The third-order valence-electron chi connectivity index (χ3n) is 4.00. The highest BCUT2D eigenvalue weighted by Gasteiger charge is 2.50. The summed E-state index contributed by atoms with van der Waals surface area (Å²) in [5, 5.41) is 0. The van der Waals surface area contributed by atoms with Gasteiger partial charge < -0.3 is 0 Å². The van der Waals surface area contributed by atoms with E-state index in [1.54, 1.807) is 0 Å². The summed E-state index contributed by atoms with van der Waals surface area (Å²) in [5.41, 5.74) is 0. The van der Waals surface area contributed by atoms with Gasteiger partial charge in [-0.25, -0.2) is 0 Å². The summed E-state index contributed by atoms with van der Waals surface area (Å²) in [5.74, 6) is 0. The van der Waals surface area contributed by atoms with Gasteiger partial charge in [0.25, 0.3) is 0 Å². The Kier molecular flexibility index (Phi) is 2.12. The van der Waals surface area contributed by atoms with Crippen LogP contribution in [0.4, 0.5) is 0 Å². The molecule has 10 heavy (non-hydrogen) atoms. The van der Waals surface area contributed by atoms with Gasteiger partial charge in [-0.3, -0.25) is 0 Å². The smallest absolute Gasteiger partial charge is 0.137 e. The van der Waals surface area contributed by atoms with Crippen LogP contribution in [0.15, 0.2) is 0 Å². The molecular formula is C6H12Al4. The highest BCUT2D eigenvalue weighted by atomic mass is 27.4. The molecule has 0 amide bonds. The van der Waals surface area contributed by atoms with Crippen molar-refractivity contribution in [1.82, 2.24) is 0 Å². The summed E-state index contributed by atoms with van der Waals surface area (Å²) in [6.07, 6.45) is 0. The SMILES string of the molecule is [CH2]1[Al]2[CH2][Al]3[CH2][Al]1[CH2][Al]([CH2]2)[CH2]3. The van der Waals surface area contributed by atoms with Crippen molar-refractivity contribution in [2.75, 3.05) is 0 Å². The van der Waals surface area contributed by atoms with Crippen molar-refractivity contribution in [3.8, 4) is 0 Å². The molecule has 0 nitrogen and oxygen atoms in total. The van der Waals surface area contributed by atoms with Gasteiger partial charge in [0.2, 0.25) is 56.6 Å². The third-order valence-corrected chi connectivity index (χ3v) is 36.0. The lowest BCUT2D eigenvalue weighted by Gasteiger charge is -2.41. The first-order chi connectivity index (χ1) is 4.90. The average Bonchev–Trinajstić information content (AvgIpc) is 1.82. The van der Waals surface area contributed by atoms with E-state index in [2.05, 4.69) is 0 Å². The fraction of sp³-hybridized carbons (Fsp3) is 1.00. The van der Waals surface area contributed by atoms with Crippen LogP contribution >= 0.6 is 0 Å². The molecule has 48 valence electrons.